The van der Waals surface area contributed by atoms with Gasteiger partial charge in [-0.15, -0.1) is 11.3 Å². The van der Waals surface area contributed by atoms with Crippen LogP contribution < -0.4 is 0 Å². The van der Waals surface area contributed by atoms with Crippen LogP contribution in [0, 0.1) is 6.92 Å². The maximum absolute atomic E-state index is 12.4. The third kappa shape index (κ3) is 3.76. The summed E-state index contributed by atoms with van der Waals surface area (Å²) in [5.74, 6) is 0.187. The van der Waals surface area contributed by atoms with Crippen molar-refractivity contribution in [2.24, 2.45) is 0 Å². The van der Waals surface area contributed by atoms with Crippen LogP contribution in [0.5, 0.6) is 0 Å². The first-order valence-electron chi connectivity index (χ1n) is 7.83. The fourth-order valence-corrected chi connectivity index (χ4v) is 3.53. The number of nitrogens with zero attached hydrogens (tertiary/aromatic N) is 2. The molecule has 1 aromatic heterocycles. The van der Waals surface area contributed by atoms with Crippen LogP contribution in [-0.2, 0) is 6.54 Å². The molecule has 0 N–H and O–H groups in total. The number of carbonyl (C=O) groups excluding carboxylic acids is 1. The van der Waals surface area contributed by atoms with Gasteiger partial charge in [0, 0.05) is 32.7 Å². The van der Waals surface area contributed by atoms with Gasteiger partial charge in [-0.2, -0.15) is 0 Å². The van der Waals surface area contributed by atoms with Crippen molar-refractivity contribution in [1.29, 1.82) is 0 Å². The molecule has 22 heavy (non-hydrogen) atoms. The molecular formula is C18H22N2OS. The monoisotopic (exact) mass is 314 g/mol. The van der Waals surface area contributed by atoms with Crippen LogP contribution in [0.25, 0.3) is 0 Å². The van der Waals surface area contributed by atoms with E-state index in [1.54, 1.807) is 0 Å². The summed E-state index contributed by atoms with van der Waals surface area (Å²) in [4.78, 5) is 17.7. The molecular weight excluding hydrogens is 292 g/mol. The highest BCUT2D eigenvalue weighted by Gasteiger charge is 2.20. The summed E-state index contributed by atoms with van der Waals surface area (Å²) in [7, 11) is 0. The molecule has 0 bridgehead atoms. The van der Waals surface area contributed by atoms with Crippen LogP contribution in [-0.4, -0.2) is 41.9 Å². The minimum Gasteiger partial charge on any atom is -0.337 e. The summed E-state index contributed by atoms with van der Waals surface area (Å²) < 4.78 is 0. The molecule has 1 amide bonds. The molecule has 0 aliphatic carbocycles. The fraction of sp³-hybridized carbons (Fsp3) is 0.389. The Balaban J connectivity index is 1.58. The van der Waals surface area contributed by atoms with Crippen molar-refractivity contribution in [2.45, 2.75) is 19.9 Å². The molecule has 0 saturated carbocycles. The van der Waals surface area contributed by atoms with Crippen molar-refractivity contribution < 1.29 is 4.79 Å². The van der Waals surface area contributed by atoms with Gasteiger partial charge in [0.25, 0.3) is 5.91 Å². The lowest BCUT2D eigenvalue weighted by Crippen LogP contribution is -2.34. The second kappa shape index (κ2) is 7.07. The Morgan fingerprint density at radius 3 is 2.64 bits per heavy atom. The van der Waals surface area contributed by atoms with Crippen molar-refractivity contribution in [3.8, 4) is 0 Å². The largest absolute Gasteiger partial charge is 0.337 e. The molecule has 1 aliphatic rings. The maximum Gasteiger partial charge on any atom is 0.263 e. The summed E-state index contributed by atoms with van der Waals surface area (Å²) in [5, 5.41) is 1.97. The van der Waals surface area contributed by atoms with E-state index >= 15 is 0 Å². The van der Waals surface area contributed by atoms with E-state index < -0.39 is 0 Å². The average molecular weight is 314 g/mol. The number of hydrogen-bond donors (Lipinski definition) is 0. The Morgan fingerprint density at radius 1 is 1.09 bits per heavy atom. The number of benzene rings is 1. The van der Waals surface area contributed by atoms with Crippen molar-refractivity contribution in [3.05, 3.63) is 57.8 Å². The van der Waals surface area contributed by atoms with Gasteiger partial charge in [0.2, 0.25) is 0 Å². The first-order valence-corrected chi connectivity index (χ1v) is 8.71. The van der Waals surface area contributed by atoms with E-state index in [0.717, 1.165) is 44.0 Å². The number of aryl methyl sites for hydroxylation is 1. The molecule has 0 spiro atoms. The second-order valence-corrected chi connectivity index (χ2v) is 6.83. The Labute approximate surface area is 136 Å². The Hall–Kier alpha value is -1.65. The summed E-state index contributed by atoms with van der Waals surface area (Å²) in [6, 6.07) is 12.6. The van der Waals surface area contributed by atoms with Gasteiger partial charge in [-0.25, -0.2) is 0 Å². The average Bonchev–Trinajstić information content (AvgIpc) is 2.96. The highest BCUT2D eigenvalue weighted by atomic mass is 32.1. The van der Waals surface area contributed by atoms with Crippen LogP contribution in [0.4, 0.5) is 0 Å². The molecule has 3 nitrogen and oxygen atoms in total. The maximum atomic E-state index is 12.4. The minimum absolute atomic E-state index is 0.187. The van der Waals surface area contributed by atoms with Gasteiger partial charge < -0.3 is 4.90 Å². The zero-order chi connectivity index (χ0) is 15.4. The standard InChI is InChI=1S/C18H22N2OS/c1-15-5-7-16(8-6-15)14-19-9-3-10-20(12-11-19)18(21)17-4-2-13-22-17/h2,4-8,13H,3,9-12,14H2,1H3. The molecule has 1 saturated heterocycles. The molecule has 2 heterocycles. The van der Waals surface area contributed by atoms with Gasteiger partial charge in [-0.05, 0) is 30.4 Å². The van der Waals surface area contributed by atoms with Gasteiger partial charge in [0.15, 0.2) is 0 Å². The number of amides is 1. The van der Waals surface area contributed by atoms with Gasteiger partial charge in [0.1, 0.15) is 0 Å². The van der Waals surface area contributed by atoms with Crippen LogP contribution in [0.15, 0.2) is 41.8 Å². The second-order valence-electron chi connectivity index (χ2n) is 5.88. The summed E-state index contributed by atoms with van der Waals surface area (Å²) in [5.41, 5.74) is 2.65. The smallest absolute Gasteiger partial charge is 0.263 e. The molecule has 4 heteroatoms. The van der Waals surface area contributed by atoms with Gasteiger partial charge in [0.05, 0.1) is 4.88 Å². The highest BCUT2D eigenvalue weighted by molar-refractivity contribution is 7.12. The highest BCUT2D eigenvalue weighted by Crippen LogP contribution is 2.15. The molecule has 1 aromatic carbocycles. The van der Waals surface area contributed by atoms with E-state index in [0.29, 0.717) is 0 Å². The molecule has 2 aromatic rings. The van der Waals surface area contributed by atoms with E-state index in [2.05, 4.69) is 36.1 Å². The van der Waals surface area contributed by atoms with Crippen LogP contribution in [0.2, 0.25) is 0 Å². The lowest BCUT2D eigenvalue weighted by atomic mass is 10.1. The van der Waals surface area contributed by atoms with Crippen molar-refractivity contribution in [2.75, 3.05) is 26.2 Å². The molecule has 116 valence electrons. The van der Waals surface area contributed by atoms with Crippen molar-refractivity contribution in [1.82, 2.24) is 9.80 Å². The van der Waals surface area contributed by atoms with E-state index in [1.807, 2.05) is 22.4 Å². The zero-order valence-electron chi connectivity index (χ0n) is 13.0. The molecule has 0 atom stereocenters. The molecule has 1 aliphatic heterocycles. The third-order valence-corrected chi connectivity index (χ3v) is 4.99. The Kier molecular flexibility index (Phi) is 4.90. The van der Waals surface area contributed by atoms with Gasteiger partial charge in [-0.1, -0.05) is 35.9 Å². The predicted molar refractivity (Wildman–Crippen MR) is 91.3 cm³/mol. The van der Waals surface area contributed by atoms with E-state index in [-0.39, 0.29) is 5.91 Å². The quantitative estimate of drug-likeness (QED) is 0.867. The number of thiophene rings is 1. The topological polar surface area (TPSA) is 23.6 Å². The van der Waals surface area contributed by atoms with E-state index in [9.17, 15) is 4.79 Å². The molecule has 1 fully saturated rings. The number of rotatable bonds is 3. The normalized spacial score (nSPS) is 16.5. The summed E-state index contributed by atoms with van der Waals surface area (Å²) in [6.07, 6.45) is 1.04. The van der Waals surface area contributed by atoms with E-state index in [1.165, 1.54) is 22.5 Å². The summed E-state index contributed by atoms with van der Waals surface area (Å²) >= 11 is 1.53. The zero-order valence-corrected chi connectivity index (χ0v) is 13.8. The molecule has 0 radical (unpaired) electrons. The van der Waals surface area contributed by atoms with Crippen molar-refractivity contribution in [3.63, 3.8) is 0 Å². The lowest BCUT2D eigenvalue weighted by molar-refractivity contribution is 0.0766. The lowest BCUT2D eigenvalue weighted by Gasteiger charge is -2.21. The van der Waals surface area contributed by atoms with Gasteiger partial charge >= 0.3 is 0 Å². The Bertz CT molecular complexity index is 607. The van der Waals surface area contributed by atoms with Crippen molar-refractivity contribution >= 4 is 17.2 Å². The predicted octanol–water partition coefficient (Wildman–Crippen LogP) is 3.40. The first-order chi connectivity index (χ1) is 10.7. The Morgan fingerprint density at radius 2 is 1.91 bits per heavy atom. The molecule has 0 unspecified atom stereocenters. The van der Waals surface area contributed by atoms with Crippen LogP contribution >= 0.6 is 11.3 Å². The first kappa shape index (κ1) is 15.3. The number of hydrogen-bond acceptors (Lipinski definition) is 3. The third-order valence-electron chi connectivity index (χ3n) is 4.13. The van der Waals surface area contributed by atoms with E-state index in [4.69, 9.17) is 0 Å². The van der Waals surface area contributed by atoms with Crippen LogP contribution in [0.3, 0.4) is 0 Å². The van der Waals surface area contributed by atoms with Gasteiger partial charge in [-0.3, -0.25) is 9.69 Å². The van der Waals surface area contributed by atoms with Crippen LogP contribution in [0.1, 0.15) is 27.2 Å². The minimum atomic E-state index is 0.187. The molecule has 3 rings (SSSR count). The SMILES string of the molecule is Cc1ccc(CN2CCCN(C(=O)c3cccs3)CC2)cc1. The number of carbonyl (C=O) groups is 1. The summed E-state index contributed by atoms with van der Waals surface area (Å²) in [6.45, 7) is 6.78. The fourth-order valence-electron chi connectivity index (χ4n) is 2.84.